The molecule has 2 aromatic rings. The molecule has 0 spiro atoms. The second kappa shape index (κ2) is 8.35. The van der Waals surface area contributed by atoms with E-state index in [0.717, 1.165) is 11.8 Å². The number of benzene rings is 2. The molecule has 2 N–H and O–H groups in total. The lowest BCUT2D eigenvalue weighted by Gasteiger charge is -2.08. The van der Waals surface area contributed by atoms with E-state index in [-0.39, 0.29) is 12.3 Å². The van der Waals surface area contributed by atoms with Gasteiger partial charge in [0.25, 0.3) is 22.7 Å². The molecule has 3 amide bonds. The topological polar surface area (TPSA) is 128 Å². The molecule has 28 heavy (non-hydrogen) atoms. The molecule has 0 bridgehead atoms. The lowest BCUT2D eigenvalue weighted by atomic mass is 10.2. The van der Waals surface area contributed by atoms with Crippen LogP contribution < -0.4 is 15.4 Å². The molecule has 9 nitrogen and oxygen atoms in total. The van der Waals surface area contributed by atoms with Gasteiger partial charge in [-0.25, -0.2) is 0 Å². The monoisotopic (exact) mass is 399 g/mol. The van der Waals surface area contributed by atoms with Crippen LogP contribution in [0.5, 0.6) is 5.75 Å². The zero-order chi connectivity index (χ0) is 20.1. The Kier molecular flexibility index (Phi) is 5.70. The zero-order valence-corrected chi connectivity index (χ0v) is 15.0. The van der Waals surface area contributed by atoms with Crippen molar-refractivity contribution in [1.82, 2.24) is 5.32 Å². The average molecular weight is 399 g/mol. The molecule has 10 heteroatoms. The minimum atomic E-state index is -0.549. The molecule has 1 aliphatic rings. The molecular formula is C18H13N3O6S. The van der Waals surface area contributed by atoms with Crippen LogP contribution in [0.25, 0.3) is 6.08 Å². The summed E-state index contributed by atoms with van der Waals surface area (Å²) in [7, 11) is 0. The Labute approximate surface area is 162 Å². The molecule has 0 aliphatic carbocycles. The van der Waals surface area contributed by atoms with E-state index in [2.05, 4.69) is 10.6 Å². The first-order valence-electron chi connectivity index (χ1n) is 7.93. The smallest absolute Gasteiger partial charge is 0.290 e. The number of nitrogens with one attached hydrogen (secondary N) is 2. The van der Waals surface area contributed by atoms with Crippen molar-refractivity contribution in [1.29, 1.82) is 0 Å². The molecular weight excluding hydrogens is 386 g/mol. The summed E-state index contributed by atoms with van der Waals surface area (Å²) in [5, 5.41) is 15.0. The van der Waals surface area contributed by atoms with E-state index in [1.54, 1.807) is 30.3 Å². The number of imide groups is 1. The van der Waals surface area contributed by atoms with Crippen LogP contribution in [0.4, 0.5) is 16.2 Å². The molecule has 0 saturated carbocycles. The fourth-order valence-corrected chi connectivity index (χ4v) is 2.96. The number of hydrogen-bond acceptors (Lipinski definition) is 7. The van der Waals surface area contributed by atoms with Crippen molar-refractivity contribution in [3.63, 3.8) is 0 Å². The molecule has 1 heterocycles. The van der Waals surface area contributed by atoms with Crippen molar-refractivity contribution in [2.45, 2.75) is 0 Å². The van der Waals surface area contributed by atoms with Gasteiger partial charge in [-0.05, 0) is 41.6 Å². The number of ether oxygens (including phenoxy) is 1. The van der Waals surface area contributed by atoms with Crippen LogP contribution in [0, 0.1) is 10.1 Å². The first-order chi connectivity index (χ1) is 13.4. The number of thioether (sulfide) groups is 1. The number of carbonyl (C=O) groups is 3. The van der Waals surface area contributed by atoms with E-state index in [4.69, 9.17) is 4.74 Å². The van der Waals surface area contributed by atoms with Crippen LogP contribution in [0.15, 0.2) is 53.4 Å². The summed E-state index contributed by atoms with van der Waals surface area (Å²) >= 11 is 0.826. The normalized spacial score (nSPS) is 14.6. The predicted molar refractivity (Wildman–Crippen MR) is 103 cm³/mol. The van der Waals surface area contributed by atoms with E-state index >= 15 is 0 Å². The van der Waals surface area contributed by atoms with E-state index in [1.807, 2.05) is 0 Å². The van der Waals surface area contributed by atoms with Crippen LogP contribution in [0.2, 0.25) is 0 Å². The minimum Gasteiger partial charge on any atom is -0.484 e. The van der Waals surface area contributed by atoms with Crippen molar-refractivity contribution in [2.75, 3.05) is 11.9 Å². The highest BCUT2D eigenvalue weighted by Crippen LogP contribution is 2.26. The highest BCUT2D eigenvalue weighted by atomic mass is 32.2. The summed E-state index contributed by atoms with van der Waals surface area (Å²) in [6, 6.07) is 12.2. The molecule has 0 radical (unpaired) electrons. The van der Waals surface area contributed by atoms with Crippen molar-refractivity contribution in [2.24, 2.45) is 0 Å². The van der Waals surface area contributed by atoms with Gasteiger partial charge in [0.2, 0.25) is 0 Å². The Balaban J connectivity index is 1.55. The molecule has 0 aromatic heterocycles. The number of anilines is 1. The number of rotatable bonds is 6. The van der Waals surface area contributed by atoms with Crippen LogP contribution in [-0.2, 0) is 9.59 Å². The predicted octanol–water partition coefficient (Wildman–Crippen LogP) is 2.94. The lowest BCUT2D eigenvalue weighted by Crippen LogP contribution is -2.20. The summed E-state index contributed by atoms with van der Waals surface area (Å²) in [4.78, 5) is 45.1. The van der Waals surface area contributed by atoms with Gasteiger partial charge in [-0.3, -0.25) is 29.8 Å². The molecule has 1 fully saturated rings. The fourth-order valence-electron chi connectivity index (χ4n) is 2.28. The maximum absolute atomic E-state index is 11.9. The maximum atomic E-state index is 11.9. The van der Waals surface area contributed by atoms with Gasteiger partial charge < -0.3 is 10.1 Å². The number of nitro benzene ring substituents is 1. The Bertz CT molecular complexity index is 987. The van der Waals surface area contributed by atoms with Gasteiger partial charge in [0.05, 0.1) is 9.83 Å². The number of amides is 3. The number of hydrogen-bond donors (Lipinski definition) is 2. The minimum absolute atomic E-state index is 0.126. The van der Waals surface area contributed by atoms with Crippen molar-refractivity contribution >= 4 is 46.3 Å². The van der Waals surface area contributed by atoms with Gasteiger partial charge in [0.1, 0.15) is 5.75 Å². The zero-order valence-electron chi connectivity index (χ0n) is 14.2. The summed E-state index contributed by atoms with van der Waals surface area (Å²) in [5.74, 6) is -0.478. The maximum Gasteiger partial charge on any atom is 0.290 e. The van der Waals surface area contributed by atoms with Gasteiger partial charge in [0, 0.05) is 17.8 Å². The first kappa shape index (κ1) is 19.1. The summed E-state index contributed by atoms with van der Waals surface area (Å²) in [6.45, 7) is -0.282. The first-order valence-corrected chi connectivity index (χ1v) is 8.74. The van der Waals surface area contributed by atoms with Gasteiger partial charge in [0.15, 0.2) is 6.61 Å². The number of carbonyl (C=O) groups excluding carboxylic acids is 3. The summed E-state index contributed by atoms with van der Waals surface area (Å²) in [6.07, 6.45) is 1.57. The fraction of sp³-hybridized carbons (Fsp3) is 0.0556. The molecule has 0 unspecified atom stereocenters. The van der Waals surface area contributed by atoms with E-state index in [1.165, 1.54) is 24.3 Å². The van der Waals surface area contributed by atoms with Gasteiger partial charge in [-0.2, -0.15) is 0 Å². The number of nitrogens with zero attached hydrogens (tertiary/aromatic N) is 1. The van der Waals surface area contributed by atoms with Crippen LogP contribution in [0.3, 0.4) is 0 Å². The Morgan fingerprint density at radius 2 is 1.96 bits per heavy atom. The third-order valence-electron chi connectivity index (χ3n) is 3.53. The van der Waals surface area contributed by atoms with Crippen LogP contribution in [0.1, 0.15) is 5.56 Å². The van der Waals surface area contributed by atoms with Gasteiger partial charge in [-0.1, -0.05) is 18.2 Å². The molecule has 142 valence electrons. The van der Waals surface area contributed by atoms with Crippen molar-refractivity contribution < 1.29 is 24.0 Å². The Morgan fingerprint density at radius 3 is 2.61 bits per heavy atom. The van der Waals surface area contributed by atoms with Gasteiger partial charge >= 0.3 is 0 Å². The standard InChI is InChI=1S/C18H13N3O6S/c22-16(19-12-2-1-3-13(9-12)21(25)26)10-27-14-6-4-11(5-7-14)8-15-17(23)20-18(24)28-15/h1-9H,10H2,(H,19,22)(H,20,23,24)/b15-8-. The SMILES string of the molecule is O=C(COc1ccc(/C=C2\SC(=O)NC2=O)cc1)Nc1cccc([N+](=O)[O-])c1. The van der Waals surface area contributed by atoms with E-state index in [0.29, 0.717) is 21.9 Å². The van der Waals surface area contributed by atoms with E-state index in [9.17, 15) is 24.5 Å². The largest absolute Gasteiger partial charge is 0.484 e. The molecule has 3 rings (SSSR count). The van der Waals surface area contributed by atoms with Crippen LogP contribution >= 0.6 is 11.8 Å². The Morgan fingerprint density at radius 1 is 1.21 bits per heavy atom. The van der Waals surface area contributed by atoms with Gasteiger partial charge in [-0.15, -0.1) is 0 Å². The number of non-ortho nitro benzene ring substituents is 1. The quantitative estimate of drug-likeness (QED) is 0.434. The highest BCUT2D eigenvalue weighted by Gasteiger charge is 2.24. The second-order valence-electron chi connectivity index (χ2n) is 5.57. The summed E-state index contributed by atoms with van der Waals surface area (Å²) < 4.78 is 5.38. The third kappa shape index (κ3) is 4.95. The lowest BCUT2D eigenvalue weighted by molar-refractivity contribution is -0.384. The molecule has 1 aliphatic heterocycles. The molecule has 0 atom stereocenters. The average Bonchev–Trinajstić information content (AvgIpc) is 2.98. The Hall–Kier alpha value is -3.66. The van der Waals surface area contributed by atoms with E-state index < -0.39 is 22.0 Å². The molecule has 2 aromatic carbocycles. The number of nitro groups is 1. The third-order valence-corrected chi connectivity index (χ3v) is 4.34. The van der Waals surface area contributed by atoms with Crippen molar-refractivity contribution in [3.8, 4) is 5.75 Å². The molecule has 1 saturated heterocycles. The summed E-state index contributed by atoms with van der Waals surface area (Å²) in [5.41, 5.74) is 0.867. The van der Waals surface area contributed by atoms with Crippen molar-refractivity contribution in [3.05, 3.63) is 69.1 Å². The highest BCUT2D eigenvalue weighted by molar-refractivity contribution is 8.18. The second-order valence-corrected chi connectivity index (χ2v) is 6.58. The van der Waals surface area contributed by atoms with Crippen LogP contribution in [-0.4, -0.2) is 28.6 Å².